The smallest absolute Gasteiger partial charge is 0.243 e. The molecule has 5 rings (SSSR count). The van der Waals surface area contributed by atoms with Crippen LogP contribution in [0.3, 0.4) is 0 Å². The van der Waals surface area contributed by atoms with Crippen LogP contribution in [0.25, 0.3) is 11.4 Å². The summed E-state index contributed by atoms with van der Waals surface area (Å²) in [4.78, 5) is 6.92. The fourth-order valence-corrected chi connectivity index (χ4v) is 3.39. The summed E-state index contributed by atoms with van der Waals surface area (Å²) in [5.41, 5.74) is 1.11. The monoisotopic (exact) mass is 336 g/mol. The lowest BCUT2D eigenvalue weighted by molar-refractivity contribution is 0.136. The molecule has 3 heterocycles. The summed E-state index contributed by atoms with van der Waals surface area (Å²) in [5, 5.41) is 12.9. The Labute approximate surface area is 145 Å². The van der Waals surface area contributed by atoms with E-state index in [9.17, 15) is 0 Å². The molecular formula is C18H20N6O. The van der Waals surface area contributed by atoms with Crippen molar-refractivity contribution in [2.45, 2.75) is 44.8 Å². The van der Waals surface area contributed by atoms with Crippen molar-refractivity contribution >= 4 is 0 Å². The molecule has 25 heavy (non-hydrogen) atoms. The van der Waals surface area contributed by atoms with E-state index in [4.69, 9.17) is 4.52 Å². The van der Waals surface area contributed by atoms with E-state index in [2.05, 4.69) is 48.9 Å². The van der Waals surface area contributed by atoms with Crippen molar-refractivity contribution < 1.29 is 4.52 Å². The van der Waals surface area contributed by atoms with Gasteiger partial charge in [-0.1, -0.05) is 35.5 Å². The molecule has 0 radical (unpaired) electrons. The summed E-state index contributed by atoms with van der Waals surface area (Å²) in [6.07, 6.45) is 2.37. The molecule has 7 heteroatoms. The van der Waals surface area contributed by atoms with Crippen LogP contribution in [-0.2, 0) is 13.1 Å². The highest BCUT2D eigenvalue weighted by molar-refractivity contribution is 5.55. The Morgan fingerprint density at radius 2 is 1.96 bits per heavy atom. The van der Waals surface area contributed by atoms with Crippen molar-refractivity contribution in [3.8, 4) is 11.4 Å². The molecule has 1 aliphatic heterocycles. The van der Waals surface area contributed by atoms with E-state index in [0.29, 0.717) is 11.8 Å². The van der Waals surface area contributed by atoms with Gasteiger partial charge in [0.2, 0.25) is 5.89 Å². The number of benzene rings is 1. The maximum Gasteiger partial charge on any atom is 0.243 e. The number of rotatable bonds is 4. The zero-order chi connectivity index (χ0) is 16.8. The lowest BCUT2D eigenvalue weighted by Gasteiger charge is -2.30. The van der Waals surface area contributed by atoms with Crippen LogP contribution in [0.5, 0.6) is 0 Å². The predicted octanol–water partition coefficient (Wildman–Crippen LogP) is 2.78. The first-order valence-electron chi connectivity index (χ1n) is 8.84. The van der Waals surface area contributed by atoms with Gasteiger partial charge in [0.25, 0.3) is 0 Å². The number of hydrogen-bond acceptors (Lipinski definition) is 6. The largest absolute Gasteiger partial charge is 0.338 e. The van der Waals surface area contributed by atoms with Gasteiger partial charge in [-0.3, -0.25) is 4.90 Å². The van der Waals surface area contributed by atoms with E-state index in [-0.39, 0.29) is 6.04 Å². The van der Waals surface area contributed by atoms with Gasteiger partial charge >= 0.3 is 0 Å². The van der Waals surface area contributed by atoms with Gasteiger partial charge in [0, 0.05) is 24.6 Å². The first-order valence-corrected chi connectivity index (χ1v) is 8.84. The van der Waals surface area contributed by atoms with E-state index in [1.807, 2.05) is 18.2 Å². The average molecular weight is 336 g/mol. The van der Waals surface area contributed by atoms with Gasteiger partial charge in [-0.25, -0.2) is 0 Å². The summed E-state index contributed by atoms with van der Waals surface area (Å²) < 4.78 is 7.71. The van der Waals surface area contributed by atoms with Gasteiger partial charge in [0.1, 0.15) is 5.82 Å². The molecule has 0 spiro atoms. The van der Waals surface area contributed by atoms with Crippen molar-refractivity contribution in [2.24, 2.45) is 0 Å². The number of aromatic nitrogens is 5. The second-order valence-electron chi connectivity index (χ2n) is 6.87. The summed E-state index contributed by atoms with van der Waals surface area (Å²) in [6.45, 7) is 4.63. The van der Waals surface area contributed by atoms with Crippen LogP contribution in [-0.4, -0.2) is 36.3 Å². The number of fused-ring (bicyclic) bond motifs is 1. The van der Waals surface area contributed by atoms with Crippen LogP contribution in [0, 0.1) is 0 Å². The lowest BCUT2D eigenvalue weighted by Crippen LogP contribution is -2.36. The Balaban J connectivity index is 1.36. The van der Waals surface area contributed by atoms with Gasteiger partial charge in [0.15, 0.2) is 11.6 Å². The van der Waals surface area contributed by atoms with Crippen LogP contribution in [0.15, 0.2) is 34.9 Å². The average Bonchev–Trinajstić information content (AvgIpc) is 3.24. The molecule has 1 saturated carbocycles. The molecule has 1 aromatic carbocycles. The fraction of sp³-hybridized carbons (Fsp3) is 0.444. The first-order chi connectivity index (χ1) is 12.3. The molecule has 1 unspecified atom stereocenters. The van der Waals surface area contributed by atoms with Crippen molar-refractivity contribution in [1.29, 1.82) is 0 Å². The molecule has 2 aromatic heterocycles. The number of hydrogen-bond donors (Lipinski definition) is 0. The summed E-state index contributed by atoms with van der Waals surface area (Å²) >= 11 is 0. The third-order valence-corrected chi connectivity index (χ3v) is 5.12. The predicted molar refractivity (Wildman–Crippen MR) is 90.6 cm³/mol. The summed E-state index contributed by atoms with van der Waals surface area (Å²) in [6, 6.07) is 10.3. The summed E-state index contributed by atoms with van der Waals surface area (Å²) in [7, 11) is 0. The highest BCUT2D eigenvalue weighted by Crippen LogP contribution is 2.38. The molecule has 0 N–H and O–H groups in total. The van der Waals surface area contributed by atoms with Gasteiger partial charge in [-0.05, 0) is 19.8 Å². The van der Waals surface area contributed by atoms with Crippen LogP contribution in [0.2, 0.25) is 0 Å². The van der Waals surface area contributed by atoms with Crippen LogP contribution in [0.4, 0.5) is 0 Å². The maximum atomic E-state index is 5.50. The van der Waals surface area contributed by atoms with E-state index in [1.54, 1.807) is 0 Å². The van der Waals surface area contributed by atoms with Crippen molar-refractivity contribution in [3.05, 3.63) is 47.9 Å². The number of nitrogens with zero attached hydrogens (tertiary/aromatic N) is 6. The molecule has 1 atom stereocenters. The van der Waals surface area contributed by atoms with Crippen LogP contribution < -0.4 is 0 Å². The maximum absolute atomic E-state index is 5.50. The minimum Gasteiger partial charge on any atom is -0.338 e. The molecule has 3 aromatic rings. The molecule has 0 amide bonds. The van der Waals surface area contributed by atoms with Gasteiger partial charge in [-0.2, -0.15) is 4.98 Å². The van der Waals surface area contributed by atoms with Gasteiger partial charge in [0.05, 0.1) is 12.6 Å². The van der Waals surface area contributed by atoms with E-state index >= 15 is 0 Å². The topological polar surface area (TPSA) is 72.9 Å². The van der Waals surface area contributed by atoms with Crippen molar-refractivity contribution in [2.75, 3.05) is 6.54 Å². The molecule has 1 fully saturated rings. The molecule has 1 aliphatic carbocycles. The van der Waals surface area contributed by atoms with Crippen molar-refractivity contribution in [1.82, 2.24) is 29.8 Å². The zero-order valence-corrected chi connectivity index (χ0v) is 14.2. The quantitative estimate of drug-likeness (QED) is 0.729. The second-order valence-corrected chi connectivity index (χ2v) is 6.87. The molecular weight excluding hydrogens is 316 g/mol. The Morgan fingerprint density at radius 3 is 2.76 bits per heavy atom. The molecule has 0 saturated heterocycles. The van der Waals surface area contributed by atoms with Gasteiger partial charge in [-0.15, -0.1) is 10.2 Å². The Hall–Kier alpha value is -2.54. The minimum atomic E-state index is 0.0885. The van der Waals surface area contributed by atoms with Crippen LogP contribution >= 0.6 is 0 Å². The van der Waals surface area contributed by atoms with Gasteiger partial charge < -0.3 is 9.09 Å². The normalized spacial score (nSPS) is 18.9. The minimum absolute atomic E-state index is 0.0885. The second kappa shape index (κ2) is 5.77. The Bertz CT molecular complexity index is 882. The molecule has 2 aliphatic rings. The van der Waals surface area contributed by atoms with E-state index in [0.717, 1.165) is 42.7 Å². The Morgan fingerprint density at radius 1 is 1.12 bits per heavy atom. The Kier molecular flexibility index (Phi) is 3.41. The van der Waals surface area contributed by atoms with Crippen molar-refractivity contribution in [3.63, 3.8) is 0 Å². The molecule has 7 nitrogen and oxygen atoms in total. The fourth-order valence-electron chi connectivity index (χ4n) is 3.39. The third kappa shape index (κ3) is 2.64. The van der Waals surface area contributed by atoms with E-state index in [1.165, 1.54) is 12.8 Å². The lowest BCUT2D eigenvalue weighted by atomic mass is 10.2. The van der Waals surface area contributed by atoms with E-state index < -0.39 is 0 Å². The highest BCUT2D eigenvalue weighted by Gasteiger charge is 2.32. The summed E-state index contributed by atoms with van der Waals surface area (Å²) in [5.74, 6) is 4.02. The van der Waals surface area contributed by atoms with Crippen LogP contribution in [0.1, 0.15) is 49.3 Å². The third-order valence-electron chi connectivity index (χ3n) is 5.12. The highest BCUT2D eigenvalue weighted by atomic mass is 16.5. The zero-order valence-electron chi connectivity index (χ0n) is 14.2. The standard InChI is InChI=1S/C18H20N6O/c1-12(18-19-16(22-25-18)13-7-8-13)23-9-10-24-15(11-23)20-21-17(24)14-5-3-2-4-6-14/h2-6,12-13H,7-11H2,1H3. The SMILES string of the molecule is CC(c1nc(C2CC2)no1)N1CCn2c(nnc2-c2ccccc2)C1. The first kappa shape index (κ1) is 14.8. The molecule has 0 bridgehead atoms. The molecule has 128 valence electrons.